The summed E-state index contributed by atoms with van der Waals surface area (Å²) >= 11 is 0. The van der Waals surface area contributed by atoms with Crippen LogP contribution in [-0.2, 0) is 0 Å². The molecule has 1 aromatic carbocycles. The minimum atomic E-state index is 0.609. The summed E-state index contributed by atoms with van der Waals surface area (Å²) in [6, 6.07) is 9.69. The molecule has 1 N–H and O–H groups in total. The lowest BCUT2D eigenvalue weighted by molar-refractivity contribution is 0.260. The Morgan fingerprint density at radius 2 is 1.67 bits per heavy atom. The van der Waals surface area contributed by atoms with Crippen LogP contribution in [0.15, 0.2) is 24.3 Å². The predicted octanol–water partition coefficient (Wildman–Crippen LogP) is 4.23. The second kappa shape index (κ2) is 5.44. The van der Waals surface area contributed by atoms with Crippen molar-refractivity contribution in [2.24, 2.45) is 11.8 Å². The lowest BCUT2D eigenvalue weighted by Crippen LogP contribution is -2.20. The molecule has 3 rings (SSSR count). The summed E-state index contributed by atoms with van der Waals surface area (Å²) in [7, 11) is 0. The normalized spacial score (nSPS) is 29.6. The van der Waals surface area contributed by atoms with Gasteiger partial charge in [0.2, 0.25) is 0 Å². The molecule has 2 aliphatic rings. The Balaban J connectivity index is 1.62. The summed E-state index contributed by atoms with van der Waals surface area (Å²) in [4.78, 5) is 0. The molecule has 18 heavy (non-hydrogen) atoms. The summed E-state index contributed by atoms with van der Waals surface area (Å²) in [6.07, 6.45) is 8.72. The number of rotatable bonds is 2. The number of aryl methyl sites for hydroxylation is 1. The summed E-state index contributed by atoms with van der Waals surface area (Å²) in [5.74, 6) is 1.93. The Hall–Kier alpha value is -0.820. The molecule has 98 valence electrons. The lowest BCUT2D eigenvalue weighted by atomic mass is 9.78. The van der Waals surface area contributed by atoms with Gasteiger partial charge < -0.3 is 5.32 Å². The van der Waals surface area contributed by atoms with Crippen molar-refractivity contribution >= 4 is 0 Å². The number of nitrogens with one attached hydrogen (secondary N) is 1. The van der Waals surface area contributed by atoms with Gasteiger partial charge in [-0.1, -0.05) is 61.9 Å². The van der Waals surface area contributed by atoms with E-state index >= 15 is 0 Å². The molecule has 1 nitrogen and oxygen atoms in total. The van der Waals surface area contributed by atoms with Gasteiger partial charge in [0, 0.05) is 6.04 Å². The van der Waals surface area contributed by atoms with Gasteiger partial charge >= 0.3 is 0 Å². The van der Waals surface area contributed by atoms with Crippen molar-refractivity contribution < 1.29 is 0 Å². The van der Waals surface area contributed by atoms with E-state index in [1.54, 1.807) is 0 Å². The van der Waals surface area contributed by atoms with E-state index in [0.29, 0.717) is 6.04 Å². The van der Waals surface area contributed by atoms with Gasteiger partial charge in [-0.15, -0.1) is 0 Å². The fourth-order valence-corrected chi connectivity index (χ4v) is 3.78. The first-order valence-corrected chi connectivity index (χ1v) is 7.63. The predicted molar refractivity (Wildman–Crippen MR) is 76.6 cm³/mol. The standard InChI is InChI=1S/C17H25N/c1-13-7-9-15(10-8-13)17-11-16(12-18-17)14-5-3-2-4-6-14/h7-10,14,16-18H,2-6,11-12H2,1H3. The molecule has 1 aliphatic heterocycles. The minimum absolute atomic E-state index is 0.609. The van der Waals surface area contributed by atoms with Gasteiger partial charge in [0.15, 0.2) is 0 Å². The van der Waals surface area contributed by atoms with Crippen LogP contribution < -0.4 is 5.32 Å². The quantitative estimate of drug-likeness (QED) is 0.820. The number of hydrogen-bond donors (Lipinski definition) is 1. The second-order valence-electron chi connectivity index (χ2n) is 6.27. The van der Waals surface area contributed by atoms with E-state index in [9.17, 15) is 0 Å². The highest BCUT2D eigenvalue weighted by Crippen LogP contribution is 2.38. The van der Waals surface area contributed by atoms with E-state index < -0.39 is 0 Å². The van der Waals surface area contributed by atoms with Crippen LogP contribution in [0.2, 0.25) is 0 Å². The van der Waals surface area contributed by atoms with Crippen molar-refractivity contribution in [2.45, 2.75) is 51.5 Å². The second-order valence-corrected chi connectivity index (χ2v) is 6.27. The average molecular weight is 243 g/mol. The number of benzene rings is 1. The van der Waals surface area contributed by atoms with Crippen LogP contribution >= 0.6 is 0 Å². The van der Waals surface area contributed by atoms with Crippen molar-refractivity contribution in [3.05, 3.63) is 35.4 Å². The van der Waals surface area contributed by atoms with E-state index in [1.807, 2.05) is 0 Å². The van der Waals surface area contributed by atoms with Crippen molar-refractivity contribution in [1.29, 1.82) is 0 Å². The monoisotopic (exact) mass is 243 g/mol. The molecule has 1 saturated heterocycles. The van der Waals surface area contributed by atoms with Crippen LogP contribution in [0.4, 0.5) is 0 Å². The zero-order valence-electron chi connectivity index (χ0n) is 11.5. The zero-order valence-corrected chi connectivity index (χ0v) is 11.5. The van der Waals surface area contributed by atoms with Gasteiger partial charge in [-0.05, 0) is 37.3 Å². The van der Waals surface area contributed by atoms with Gasteiger partial charge in [0.25, 0.3) is 0 Å². The van der Waals surface area contributed by atoms with Crippen LogP contribution in [0.5, 0.6) is 0 Å². The largest absolute Gasteiger partial charge is 0.310 e. The molecule has 0 bridgehead atoms. The molecule has 2 atom stereocenters. The van der Waals surface area contributed by atoms with Gasteiger partial charge in [0.1, 0.15) is 0 Å². The zero-order chi connectivity index (χ0) is 12.4. The molecular weight excluding hydrogens is 218 g/mol. The van der Waals surface area contributed by atoms with Crippen LogP contribution in [0.1, 0.15) is 55.7 Å². The molecule has 1 heterocycles. The average Bonchev–Trinajstić information content (AvgIpc) is 2.90. The smallest absolute Gasteiger partial charge is 0.0323 e. The van der Waals surface area contributed by atoms with Gasteiger partial charge in [-0.3, -0.25) is 0 Å². The number of hydrogen-bond acceptors (Lipinski definition) is 1. The highest BCUT2D eigenvalue weighted by Gasteiger charge is 2.31. The molecule has 0 spiro atoms. The maximum Gasteiger partial charge on any atom is 0.0323 e. The van der Waals surface area contributed by atoms with Crippen molar-refractivity contribution in [3.63, 3.8) is 0 Å². The maximum atomic E-state index is 3.74. The van der Waals surface area contributed by atoms with Crippen molar-refractivity contribution in [3.8, 4) is 0 Å². The molecule has 2 fully saturated rings. The van der Waals surface area contributed by atoms with E-state index in [1.165, 1.54) is 56.2 Å². The molecule has 2 unspecified atom stereocenters. The van der Waals surface area contributed by atoms with Crippen LogP contribution in [-0.4, -0.2) is 6.54 Å². The molecule has 0 aromatic heterocycles. The van der Waals surface area contributed by atoms with Crippen LogP contribution in [0.3, 0.4) is 0 Å². The van der Waals surface area contributed by atoms with Crippen molar-refractivity contribution in [1.82, 2.24) is 5.32 Å². The first kappa shape index (κ1) is 12.2. The Labute approximate surface area is 111 Å². The van der Waals surface area contributed by atoms with Crippen LogP contribution in [0, 0.1) is 18.8 Å². The van der Waals surface area contributed by atoms with Crippen LogP contribution in [0.25, 0.3) is 0 Å². The van der Waals surface area contributed by atoms with Gasteiger partial charge in [0.05, 0.1) is 0 Å². The van der Waals surface area contributed by atoms with E-state index in [-0.39, 0.29) is 0 Å². The molecular formula is C17H25N. The SMILES string of the molecule is Cc1ccc(C2CC(C3CCCCC3)CN2)cc1. The Morgan fingerprint density at radius 3 is 2.39 bits per heavy atom. The lowest BCUT2D eigenvalue weighted by Gasteiger charge is -2.26. The highest BCUT2D eigenvalue weighted by molar-refractivity contribution is 5.25. The summed E-state index contributed by atoms with van der Waals surface area (Å²) < 4.78 is 0. The topological polar surface area (TPSA) is 12.0 Å². The molecule has 1 aromatic rings. The van der Waals surface area contributed by atoms with Crippen molar-refractivity contribution in [2.75, 3.05) is 6.54 Å². The molecule has 0 amide bonds. The summed E-state index contributed by atoms with van der Waals surface area (Å²) in [5, 5.41) is 3.74. The Bertz CT molecular complexity index is 375. The third kappa shape index (κ3) is 2.61. The molecule has 1 saturated carbocycles. The maximum absolute atomic E-state index is 3.74. The minimum Gasteiger partial charge on any atom is -0.310 e. The fourth-order valence-electron chi connectivity index (χ4n) is 3.78. The van der Waals surface area contributed by atoms with E-state index in [0.717, 1.165) is 11.8 Å². The van der Waals surface area contributed by atoms with Gasteiger partial charge in [-0.2, -0.15) is 0 Å². The van der Waals surface area contributed by atoms with E-state index in [4.69, 9.17) is 0 Å². The molecule has 1 heteroatoms. The molecule has 1 aliphatic carbocycles. The third-order valence-corrected chi connectivity index (χ3v) is 4.96. The highest BCUT2D eigenvalue weighted by atomic mass is 15.0. The van der Waals surface area contributed by atoms with E-state index in [2.05, 4.69) is 36.5 Å². The Morgan fingerprint density at radius 1 is 0.944 bits per heavy atom. The molecule has 0 radical (unpaired) electrons. The summed E-state index contributed by atoms with van der Waals surface area (Å²) in [5.41, 5.74) is 2.85. The van der Waals surface area contributed by atoms with Gasteiger partial charge in [-0.25, -0.2) is 0 Å². The third-order valence-electron chi connectivity index (χ3n) is 4.96. The Kier molecular flexibility index (Phi) is 3.69. The first-order valence-electron chi connectivity index (χ1n) is 7.63. The summed E-state index contributed by atoms with van der Waals surface area (Å²) in [6.45, 7) is 3.40. The fraction of sp³-hybridized carbons (Fsp3) is 0.647. The first-order chi connectivity index (χ1) is 8.83.